The van der Waals surface area contributed by atoms with Crippen molar-refractivity contribution >= 4 is 10.9 Å². The lowest BCUT2D eigenvalue weighted by Crippen LogP contribution is -2.08. The molecule has 0 aliphatic carbocycles. The minimum Gasteiger partial charge on any atom is -0.359 e. The van der Waals surface area contributed by atoms with E-state index in [-0.39, 0.29) is 11.0 Å². The lowest BCUT2D eigenvalue weighted by molar-refractivity contribution is 1.30. The minimum atomic E-state index is -0.196. The van der Waals surface area contributed by atoms with Gasteiger partial charge in [-0.1, -0.05) is 6.07 Å². The second-order valence-corrected chi connectivity index (χ2v) is 3.65. The van der Waals surface area contributed by atoms with E-state index in [0.717, 1.165) is 16.6 Å². The monoisotopic (exact) mass is 198 g/mol. The van der Waals surface area contributed by atoms with E-state index in [1.54, 1.807) is 0 Å². The first-order valence-corrected chi connectivity index (χ1v) is 4.66. The van der Waals surface area contributed by atoms with Crippen LogP contribution in [-0.2, 0) is 0 Å². The molecule has 1 N–H and O–H groups in total. The summed E-state index contributed by atoms with van der Waals surface area (Å²) in [5.41, 5.74) is 2.82. The van der Waals surface area contributed by atoms with Crippen molar-refractivity contribution in [2.75, 3.05) is 0 Å². The van der Waals surface area contributed by atoms with Gasteiger partial charge in [0.15, 0.2) is 0 Å². The van der Waals surface area contributed by atoms with Crippen molar-refractivity contribution in [2.24, 2.45) is 0 Å². The zero-order chi connectivity index (χ0) is 11.0. The van der Waals surface area contributed by atoms with Gasteiger partial charge in [0.25, 0.3) is 0 Å². The van der Waals surface area contributed by atoms with E-state index < -0.39 is 0 Å². The number of aromatic amines is 1. The normalized spacial score (nSPS) is 10.2. The predicted octanol–water partition coefficient (Wildman–Crippen LogP) is 2.02. The number of benzene rings is 1. The van der Waals surface area contributed by atoms with E-state index in [2.05, 4.69) is 4.98 Å². The summed E-state index contributed by atoms with van der Waals surface area (Å²) in [6, 6.07) is 5.69. The van der Waals surface area contributed by atoms with Crippen LogP contribution in [0.3, 0.4) is 0 Å². The molecule has 2 rings (SSSR count). The maximum Gasteiger partial charge on any atom is 0.207 e. The highest BCUT2D eigenvalue weighted by Crippen LogP contribution is 2.15. The number of nitrogens with one attached hydrogen (secondary N) is 1. The van der Waals surface area contributed by atoms with Crippen LogP contribution in [0, 0.1) is 25.2 Å². The van der Waals surface area contributed by atoms with E-state index in [0.29, 0.717) is 5.39 Å². The molecular weight excluding hydrogens is 188 g/mol. The molecule has 74 valence electrons. The highest BCUT2D eigenvalue weighted by Gasteiger charge is 2.06. The topological polar surface area (TPSA) is 56.6 Å². The summed E-state index contributed by atoms with van der Waals surface area (Å²) in [5, 5.41) is 9.34. The Kier molecular flexibility index (Phi) is 2.05. The molecule has 0 atom stereocenters. The van der Waals surface area contributed by atoms with Crippen LogP contribution in [0.5, 0.6) is 0 Å². The molecule has 0 aliphatic rings. The maximum absolute atomic E-state index is 11.8. The molecule has 0 unspecified atom stereocenters. The highest BCUT2D eigenvalue weighted by atomic mass is 16.1. The quantitative estimate of drug-likeness (QED) is 0.704. The molecule has 15 heavy (non-hydrogen) atoms. The second kappa shape index (κ2) is 3.25. The average Bonchev–Trinajstić information content (AvgIpc) is 2.19. The molecule has 0 saturated carbocycles. The molecule has 1 heterocycles. The molecule has 0 saturated heterocycles. The van der Waals surface area contributed by atoms with Crippen LogP contribution in [-0.4, -0.2) is 4.98 Å². The molecule has 0 radical (unpaired) electrons. The molecule has 0 aliphatic heterocycles. The van der Waals surface area contributed by atoms with E-state index in [9.17, 15) is 4.79 Å². The maximum atomic E-state index is 11.8. The van der Waals surface area contributed by atoms with E-state index >= 15 is 0 Å². The number of rotatable bonds is 0. The summed E-state index contributed by atoms with van der Waals surface area (Å²) in [4.78, 5) is 14.8. The third-order valence-corrected chi connectivity index (χ3v) is 2.45. The Balaban J connectivity index is 3.01. The zero-order valence-corrected chi connectivity index (χ0v) is 8.59. The molecule has 0 amide bonds. The summed E-state index contributed by atoms with van der Waals surface area (Å²) in [6.45, 7) is 3.88. The van der Waals surface area contributed by atoms with Gasteiger partial charge in [-0.25, -0.2) is 0 Å². The molecule has 2 aromatic rings. The predicted molar refractivity (Wildman–Crippen MR) is 58.8 cm³/mol. The Bertz CT molecular complexity index is 632. The van der Waals surface area contributed by atoms with Crippen LogP contribution in [0.2, 0.25) is 0 Å². The third-order valence-electron chi connectivity index (χ3n) is 2.45. The standard InChI is InChI=1S/C12H10N2O/c1-7-3-8(2)11-10(4-7)12(15)9(5-13)6-14-11/h3-4,6H,1-2H3,(H,14,15). The lowest BCUT2D eigenvalue weighted by Gasteiger charge is -2.03. The number of H-pyrrole nitrogens is 1. The fourth-order valence-electron chi connectivity index (χ4n) is 1.78. The SMILES string of the molecule is Cc1cc(C)c2[nH]cc(C#N)c(=O)c2c1. The van der Waals surface area contributed by atoms with Crippen molar-refractivity contribution in [3.8, 4) is 6.07 Å². The number of pyridine rings is 1. The van der Waals surface area contributed by atoms with Gasteiger partial charge in [0, 0.05) is 11.6 Å². The zero-order valence-electron chi connectivity index (χ0n) is 8.59. The first-order valence-electron chi connectivity index (χ1n) is 4.66. The lowest BCUT2D eigenvalue weighted by atomic mass is 10.1. The summed E-state index contributed by atoms with van der Waals surface area (Å²) < 4.78 is 0. The fourth-order valence-corrected chi connectivity index (χ4v) is 1.78. The van der Waals surface area contributed by atoms with E-state index in [4.69, 9.17) is 5.26 Å². The van der Waals surface area contributed by atoms with Gasteiger partial charge in [0.05, 0.1) is 5.52 Å². The van der Waals surface area contributed by atoms with Crippen molar-refractivity contribution in [2.45, 2.75) is 13.8 Å². The summed E-state index contributed by atoms with van der Waals surface area (Å²) in [6.07, 6.45) is 1.47. The van der Waals surface area contributed by atoms with Crippen molar-refractivity contribution < 1.29 is 0 Å². The summed E-state index contributed by atoms with van der Waals surface area (Å²) >= 11 is 0. The van der Waals surface area contributed by atoms with Crippen LogP contribution in [0.4, 0.5) is 0 Å². The Morgan fingerprint density at radius 1 is 1.33 bits per heavy atom. The van der Waals surface area contributed by atoms with Crippen molar-refractivity contribution in [1.82, 2.24) is 4.98 Å². The number of aryl methyl sites for hydroxylation is 2. The molecular formula is C12H10N2O. The van der Waals surface area contributed by atoms with Crippen LogP contribution in [0.15, 0.2) is 23.1 Å². The van der Waals surface area contributed by atoms with E-state index in [1.807, 2.05) is 32.0 Å². The summed E-state index contributed by atoms with van der Waals surface area (Å²) in [7, 11) is 0. The first-order chi connectivity index (χ1) is 7.13. The van der Waals surface area contributed by atoms with Gasteiger partial charge < -0.3 is 4.98 Å². The van der Waals surface area contributed by atoms with Gasteiger partial charge in [-0.15, -0.1) is 0 Å². The van der Waals surface area contributed by atoms with Gasteiger partial charge in [-0.2, -0.15) is 5.26 Å². The van der Waals surface area contributed by atoms with Crippen LogP contribution >= 0.6 is 0 Å². The van der Waals surface area contributed by atoms with Crippen molar-refractivity contribution in [3.05, 3.63) is 45.2 Å². The van der Waals surface area contributed by atoms with Gasteiger partial charge in [-0.05, 0) is 31.0 Å². The number of aromatic nitrogens is 1. The molecule has 1 aromatic heterocycles. The second-order valence-electron chi connectivity index (χ2n) is 3.65. The number of hydrogen-bond donors (Lipinski definition) is 1. The largest absolute Gasteiger partial charge is 0.359 e. The minimum absolute atomic E-state index is 0.160. The summed E-state index contributed by atoms with van der Waals surface area (Å²) in [5.74, 6) is 0. The van der Waals surface area contributed by atoms with Crippen LogP contribution < -0.4 is 5.43 Å². The van der Waals surface area contributed by atoms with Crippen LogP contribution in [0.25, 0.3) is 10.9 Å². The molecule has 1 aromatic carbocycles. The van der Waals surface area contributed by atoms with Crippen molar-refractivity contribution in [3.63, 3.8) is 0 Å². The Labute approximate surface area is 87.0 Å². The Morgan fingerprint density at radius 2 is 2.07 bits per heavy atom. The number of hydrogen-bond acceptors (Lipinski definition) is 2. The average molecular weight is 198 g/mol. The molecule has 0 fully saturated rings. The fraction of sp³-hybridized carbons (Fsp3) is 0.167. The van der Waals surface area contributed by atoms with Gasteiger partial charge in [-0.3, -0.25) is 4.79 Å². The number of fused-ring (bicyclic) bond motifs is 1. The molecule has 0 bridgehead atoms. The van der Waals surface area contributed by atoms with Crippen LogP contribution in [0.1, 0.15) is 16.7 Å². The third kappa shape index (κ3) is 1.40. The van der Waals surface area contributed by atoms with Gasteiger partial charge in [0.2, 0.25) is 5.43 Å². The Morgan fingerprint density at radius 3 is 2.73 bits per heavy atom. The number of nitriles is 1. The molecule has 3 heteroatoms. The number of nitrogens with zero attached hydrogens (tertiary/aromatic N) is 1. The molecule has 3 nitrogen and oxygen atoms in total. The van der Waals surface area contributed by atoms with Gasteiger partial charge in [0.1, 0.15) is 11.6 Å². The first kappa shape index (κ1) is 9.47. The van der Waals surface area contributed by atoms with Gasteiger partial charge >= 0.3 is 0 Å². The molecule has 0 spiro atoms. The van der Waals surface area contributed by atoms with Crippen molar-refractivity contribution in [1.29, 1.82) is 5.26 Å². The highest BCUT2D eigenvalue weighted by molar-refractivity contribution is 5.83. The van der Waals surface area contributed by atoms with E-state index in [1.165, 1.54) is 6.20 Å². The Hall–Kier alpha value is -2.08. The smallest absolute Gasteiger partial charge is 0.207 e.